The average Bonchev–Trinajstić information content (AvgIpc) is 2.16. The second kappa shape index (κ2) is 4.97. The first-order valence-electron chi connectivity index (χ1n) is 5.50. The van der Waals surface area contributed by atoms with Gasteiger partial charge in [0.25, 0.3) is 0 Å². The van der Waals surface area contributed by atoms with E-state index in [1.807, 2.05) is 24.3 Å². The number of halogens is 1. The van der Waals surface area contributed by atoms with Gasteiger partial charge in [0.15, 0.2) is 0 Å². The Morgan fingerprint density at radius 3 is 2.53 bits per heavy atom. The van der Waals surface area contributed by atoms with E-state index in [-0.39, 0.29) is 6.04 Å². The zero-order valence-corrected chi connectivity index (χ0v) is 9.50. The molecule has 0 bridgehead atoms. The summed E-state index contributed by atoms with van der Waals surface area (Å²) >= 11 is 5.82. The maximum atomic E-state index is 6.07. The number of nitrogens with one attached hydrogen (secondary N) is 1. The van der Waals surface area contributed by atoms with Crippen molar-refractivity contribution in [2.45, 2.75) is 31.3 Å². The molecule has 0 aromatic heterocycles. The second-order valence-corrected chi connectivity index (χ2v) is 4.63. The molecule has 1 saturated carbocycles. The van der Waals surface area contributed by atoms with Gasteiger partial charge < -0.3 is 11.1 Å². The summed E-state index contributed by atoms with van der Waals surface area (Å²) in [5, 5.41) is 4.24. The lowest BCUT2D eigenvalue weighted by atomic mass is 9.93. The molecule has 1 fully saturated rings. The Kier molecular flexibility index (Phi) is 3.62. The van der Waals surface area contributed by atoms with E-state index in [1.54, 1.807) is 0 Å². The van der Waals surface area contributed by atoms with E-state index in [1.165, 1.54) is 19.3 Å². The Bertz CT molecular complexity index is 306. The van der Waals surface area contributed by atoms with E-state index in [0.29, 0.717) is 6.04 Å². The second-order valence-electron chi connectivity index (χ2n) is 4.19. The Morgan fingerprint density at radius 2 is 2.00 bits per heavy atom. The van der Waals surface area contributed by atoms with Crippen molar-refractivity contribution in [3.8, 4) is 0 Å². The van der Waals surface area contributed by atoms with Crippen LogP contribution in [0.25, 0.3) is 0 Å². The fourth-order valence-corrected chi connectivity index (χ4v) is 1.86. The summed E-state index contributed by atoms with van der Waals surface area (Å²) in [5.74, 6) is 0. The molecular formula is C12H17ClN2. The van der Waals surface area contributed by atoms with Crippen LogP contribution >= 0.6 is 11.6 Å². The summed E-state index contributed by atoms with van der Waals surface area (Å²) in [7, 11) is 0. The number of hydrogen-bond donors (Lipinski definition) is 2. The Morgan fingerprint density at radius 1 is 1.33 bits per heavy atom. The van der Waals surface area contributed by atoms with E-state index in [2.05, 4.69) is 5.32 Å². The van der Waals surface area contributed by atoms with E-state index in [9.17, 15) is 0 Å². The molecule has 1 aliphatic carbocycles. The maximum absolute atomic E-state index is 6.07. The van der Waals surface area contributed by atoms with E-state index in [0.717, 1.165) is 17.1 Å². The summed E-state index contributed by atoms with van der Waals surface area (Å²) in [6, 6.07) is 8.54. The summed E-state index contributed by atoms with van der Waals surface area (Å²) in [4.78, 5) is 0. The van der Waals surface area contributed by atoms with Crippen LogP contribution in [0.2, 0.25) is 5.02 Å². The molecule has 0 spiro atoms. The molecule has 82 valence electrons. The quantitative estimate of drug-likeness (QED) is 0.825. The Balaban J connectivity index is 1.83. The van der Waals surface area contributed by atoms with Crippen LogP contribution in [0.15, 0.2) is 24.3 Å². The van der Waals surface area contributed by atoms with Gasteiger partial charge in [0.1, 0.15) is 0 Å². The lowest BCUT2D eigenvalue weighted by molar-refractivity contribution is 0.333. The average molecular weight is 225 g/mol. The molecule has 0 radical (unpaired) electrons. The van der Waals surface area contributed by atoms with Crippen LogP contribution in [0.5, 0.6) is 0 Å². The van der Waals surface area contributed by atoms with Crippen LogP contribution in [0.1, 0.15) is 30.9 Å². The molecule has 0 aliphatic heterocycles. The van der Waals surface area contributed by atoms with Crippen molar-refractivity contribution < 1.29 is 0 Å². The van der Waals surface area contributed by atoms with Crippen LogP contribution in [0.3, 0.4) is 0 Å². The van der Waals surface area contributed by atoms with Gasteiger partial charge in [0.05, 0.1) is 0 Å². The number of rotatable bonds is 4. The van der Waals surface area contributed by atoms with Crippen LogP contribution < -0.4 is 11.1 Å². The number of benzene rings is 1. The molecule has 0 amide bonds. The fourth-order valence-electron chi connectivity index (χ4n) is 1.73. The summed E-state index contributed by atoms with van der Waals surface area (Å²) in [6.07, 6.45) is 3.95. The van der Waals surface area contributed by atoms with Crippen molar-refractivity contribution in [3.05, 3.63) is 34.9 Å². The summed E-state index contributed by atoms with van der Waals surface area (Å²) < 4.78 is 0. The van der Waals surface area contributed by atoms with Crippen molar-refractivity contribution >= 4 is 11.6 Å². The monoisotopic (exact) mass is 224 g/mol. The lowest BCUT2D eigenvalue weighted by Gasteiger charge is -2.28. The highest BCUT2D eigenvalue weighted by molar-refractivity contribution is 6.30. The van der Waals surface area contributed by atoms with Crippen LogP contribution in [-0.4, -0.2) is 12.6 Å². The largest absolute Gasteiger partial charge is 0.323 e. The van der Waals surface area contributed by atoms with Gasteiger partial charge in [-0.25, -0.2) is 0 Å². The molecule has 1 aliphatic rings. The lowest BCUT2D eigenvalue weighted by Crippen LogP contribution is -2.39. The minimum absolute atomic E-state index is 0.0721. The van der Waals surface area contributed by atoms with Crippen LogP contribution in [-0.2, 0) is 0 Å². The molecule has 0 saturated heterocycles. The van der Waals surface area contributed by atoms with E-state index in [4.69, 9.17) is 17.3 Å². The molecule has 1 unspecified atom stereocenters. The highest BCUT2D eigenvalue weighted by Gasteiger charge is 2.17. The minimum Gasteiger partial charge on any atom is -0.323 e. The first-order valence-corrected chi connectivity index (χ1v) is 5.88. The number of hydrogen-bond acceptors (Lipinski definition) is 2. The van der Waals surface area contributed by atoms with Gasteiger partial charge in [-0.2, -0.15) is 0 Å². The minimum atomic E-state index is 0.0721. The third-order valence-corrected chi connectivity index (χ3v) is 3.28. The van der Waals surface area contributed by atoms with Crippen molar-refractivity contribution in [2.24, 2.45) is 5.73 Å². The van der Waals surface area contributed by atoms with Gasteiger partial charge in [-0.05, 0) is 30.5 Å². The molecule has 1 aromatic carbocycles. The zero-order valence-electron chi connectivity index (χ0n) is 8.75. The molecule has 15 heavy (non-hydrogen) atoms. The molecular weight excluding hydrogens is 208 g/mol. The van der Waals surface area contributed by atoms with Crippen LogP contribution in [0.4, 0.5) is 0 Å². The third-order valence-electron chi connectivity index (χ3n) is 3.03. The molecule has 3 heteroatoms. The van der Waals surface area contributed by atoms with Crippen molar-refractivity contribution in [3.63, 3.8) is 0 Å². The Hall–Kier alpha value is -0.570. The molecule has 0 heterocycles. The summed E-state index contributed by atoms with van der Waals surface area (Å²) in [5.41, 5.74) is 7.21. The maximum Gasteiger partial charge on any atom is 0.0421 e. The molecule has 1 aromatic rings. The van der Waals surface area contributed by atoms with Crippen molar-refractivity contribution in [1.29, 1.82) is 0 Å². The van der Waals surface area contributed by atoms with Gasteiger partial charge in [-0.3, -0.25) is 0 Å². The highest BCUT2D eigenvalue weighted by atomic mass is 35.5. The van der Waals surface area contributed by atoms with Gasteiger partial charge in [-0.15, -0.1) is 0 Å². The molecule has 3 N–H and O–H groups in total. The number of nitrogens with two attached hydrogens (primary N) is 1. The van der Waals surface area contributed by atoms with Gasteiger partial charge >= 0.3 is 0 Å². The zero-order chi connectivity index (χ0) is 10.7. The highest BCUT2D eigenvalue weighted by Crippen LogP contribution is 2.19. The van der Waals surface area contributed by atoms with Crippen molar-refractivity contribution in [2.75, 3.05) is 6.54 Å². The molecule has 2 nitrogen and oxygen atoms in total. The van der Waals surface area contributed by atoms with Gasteiger partial charge in [-0.1, -0.05) is 30.2 Å². The predicted octanol–water partition coefficient (Wildman–Crippen LogP) is 2.48. The predicted molar refractivity (Wildman–Crippen MR) is 64.0 cm³/mol. The van der Waals surface area contributed by atoms with E-state index < -0.39 is 0 Å². The Labute approximate surface area is 95.8 Å². The van der Waals surface area contributed by atoms with Gasteiger partial charge in [0.2, 0.25) is 0 Å². The smallest absolute Gasteiger partial charge is 0.0421 e. The first-order chi connectivity index (χ1) is 7.25. The van der Waals surface area contributed by atoms with Gasteiger partial charge in [0, 0.05) is 23.7 Å². The van der Waals surface area contributed by atoms with Crippen molar-refractivity contribution in [1.82, 2.24) is 5.32 Å². The van der Waals surface area contributed by atoms with Crippen LogP contribution in [0, 0.1) is 0 Å². The molecule has 2 rings (SSSR count). The normalized spacial score (nSPS) is 18.5. The summed E-state index contributed by atoms with van der Waals surface area (Å²) in [6.45, 7) is 0.853. The SMILES string of the molecule is NC(CNC1CCC1)c1ccc(Cl)cc1. The standard InChI is InChI=1S/C12H17ClN2/c13-10-6-4-9(5-7-10)12(14)8-15-11-2-1-3-11/h4-7,11-12,15H,1-3,8,14H2. The van der Waals surface area contributed by atoms with E-state index >= 15 is 0 Å². The fraction of sp³-hybridized carbons (Fsp3) is 0.500. The molecule has 1 atom stereocenters. The topological polar surface area (TPSA) is 38.0 Å². The third kappa shape index (κ3) is 2.94. The first kappa shape index (κ1) is 10.9.